The maximum Gasteiger partial charge on any atom is 0.279 e. The van der Waals surface area contributed by atoms with Crippen LogP contribution in [-0.4, -0.2) is 56.9 Å². The van der Waals surface area contributed by atoms with Crippen molar-refractivity contribution in [2.24, 2.45) is 0 Å². The van der Waals surface area contributed by atoms with Gasteiger partial charge in [-0.3, -0.25) is 14.4 Å². The van der Waals surface area contributed by atoms with Crippen LogP contribution in [0.25, 0.3) is 0 Å². The lowest BCUT2D eigenvalue weighted by molar-refractivity contribution is -0.862. The zero-order valence-electron chi connectivity index (χ0n) is 18.6. The second kappa shape index (κ2) is 10.0. The van der Waals surface area contributed by atoms with Gasteiger partial charge in [-0.1, -0.05) is 17.7 Å². The van der Waals surface area contributed by atoms with Crippen LogP contribution in [0.5, 0.6) is 0 Å². The van der Waals surface area contributed by atoms with E-state index in [1.807, 2.05) is 32.9 Å². The number of nitrogens with zero attached hydrogens (tertiary/aromatic N) is 1. The first-order chi connectivity index (χ1) is 14.1. The molecule has 0 fully saturated rings. The topological polar surface area (TPSA) is 83.0 Å². The summed E-state index contributed by atoms with van der Waals surface area (Å²) in [6.45, 7) is 6.29. The Balaban J connectivity index is 1.87. The SMILES string of the molecule is Cc1cc(C)c(NC(=O)C[NH+](C)CC(=O)Nc2ccc(C(=O)N(C)C)cc2)c(C)c1. The standard InChI is InChI=1S/C23H30N4O3/c1-15-11-16(2)22(17(3)12-15)25-21(29)14-27(6)13-20(28)24-19-9-7-18(8-10-19)23(30)26(4)5/h7-12H,13-14H2,1-6H3,(H,24,28)(H,25,29)/p+1. The van der Waals surface area contributed by atoms with Gasteiger partial charge in [0, 0.05) is 31.0 Å². The van der Waals surface area contributed by atoms with Crippen molar-refractivity contribution in [3.05, 3.63) is 58.7 Å². The Labute approximate surface area is 178 Å². The van der Waals surface area contributed by atoms with E-state index >= 15 is 0 Å². The Hall–Kier alpha value is -3.19. The molecule has 0 aliphatic heterocycles. The van der Waals surface area contributed by atoms with Gasteiger partial charge < -0.3 is 20.4 Å². The highest BCUT2D eigenvalue weighted by Gasteiger charge is 2.16. The maximum atomic E-state index is 12.4. The number of benzene rings is 2. The number of likely N-dealkylation sites (N-methyl/N-ethyl adjacent to an activating group) is 1. The summed E-state index contributed by atoms with van der Waals surface area (Å²) in [4.78, 5) is 38.9. The normalized spacial score (nSPS) is 11.5. The fourth-order valence-electron chi connectivity index (χ4n) is 3.33. The summed E-state index contributed by atoms with van der Waals surface area (Å²) in [5.74, 6) is -0.432. The minimum Gasteiger partial charge on any atom is -0.345 e. The summed E-state index contributed by atoms with van der Waals surface area (Å²) < 4.78 is 0. The number of hydrogen-bond acceptors (Lipinski definition) is 3. The average molecular weight is 412 g/mol. The molecule has 0 aliphatic carbocycles. The van der Waals surface area contributed by atoms with Gasteiger partial charge in [0.1, 0.15) is 0 Å². The van der Waals surface area contributed by atoms with Gasteiger partial charge in [-0.15, -0.1) is 0 Å². The number of hydrogen-bond donors (Lipinski definition) is 3. The third kappa shape index (κ3) is 6.42. The number of aryl methyl sites for hydroxylation is 3. The average Bonchev–Trinajstić information content (AvgIpc) is 2.64. The van der Waals surface area contributed by atoms with Crippen molar-refractivity contribution < 1.29 is 19.3 Å². The highest BCUT2D eigenvalue weighted by Crippen LogP contribution is 2.21. The predicted molar refractivity (Wildman–Crippen MR) is 119 cm³/mol. The number of quaternary nitrogens is 1. The maximum absolute atomic E-state index is 12.4. The molecule has 160 valence electrons. The highest BCUT2D eigenvalue weighted by molar-refractivity contribution is 5.96. The fraction of sp³-hybridized carbons (Fsp3) is 0.348. The molecule has 30 heavy (non-hydrogen) atoms. The quantitative estimate of drug-likeness (QED) is 0.644. The van der Waals surface area contributed by atoms with Crippen LogP contribution in [0.1, 0.15) is 27.0 Å². The smallest absolute Gasteiger partial charge is 0.279 e. The molecule has 0 saturated heterocycles. The van der Waals surface area contributed by atoms with E-state index in [1.54, 1.807) is 45.4 Å². The van der Waals surface area contributed by atoms with E-state index < -0.39 is 0 Å². The van der Waals surface area contributed by atoms with Crippen LogP contribution < -0.4 is 15.5 Å². The molecule has 0 bridgehead atoms. The molecule has 0 aliphatic rings. The lowest BCUT2D eigenvalue weighted by Crippen LogP contribution is -3.11. The van der Waals surface area contributed by atoms with Crippen LogP contribution in [0.4, 0.5) is 11.4 Å². The zero-order valence-corrected chi connectivity index (χ0v) is 18.6. The molecule has 2 rings (SSSR count). The van der Waals surface area contributed by atoms with Crippen LogP contribution in [0.2, 0.25) is 0 Å². The van der Waals surface area contributed by atoms with E-state index in [9.17, 15) is 14.4 Å². The third-order valence-electron chi connectivity index (χ3n) is 4.69. The lowest BCUT2D eigenvalue weighted by atomic mass is 10.1. The first-order valence-electron chi connectivity index (χ1n) is 9.87. The van der Waals surface area contributed by atoms with Crippen LogP contribution in [-0.2, 0) is 9.59 Å². The first kappa shape index (κ1) is 23.1. The summed E-state index contributed by atoms with van der Waals surface area (Å²) in [7, 11) is 5.18. The molecule has 7 nitrogen and oxygen atoms in total. The van der Waals surface area contributed by atoms with Gasteiger partial charge in [-0.2, -0.15) is 0 Å². The van der Waals surface area contributed by atoms with E-state index in [4.69, 9.17) is 0 Å². The molecule has 0 saturated carbocycles. The molecule has 2 aromatic rings. The van der Waals surface area contributed by atoms with Gasteiger partial charge in [0.25, 0.3) is 17.7 Å². The Morgan fingerprint density at radius 3 is 1.87 bits per heavy atom. The van der Waals surface area contributed by atoms with Crippen molar-refractivity contribution >= 4 is 29.1 Å². The summed E-state index contributed by atoms with van der Waals surface area (Å²) in [6, 6.07) is 10.8. The molecule has 1 atom stereocenters. The van der Waals surface area contributed by atoms with Crippen molar-refractivity contribution in [2.45, 2.75) is 20.8 Å². The molecular weight excluding hydrogens is 380 g/mol. The number of anilines is 2. The molecule has 1 unspecified atom stereocenters. The summed E-state index contributed by atoms with van der Waals surface area (Å²) >= 11 is 0. The molecule has 0 heterocycles. The number of carbonyl (C=O) groups excluding carboxylic acids is 3. The summed E-state index contributed by atoms with van der Waals surface area (Å²) in [5, 5.41) is 5.76. The first-order valence-corrected chi connectivity index (χ1v) is 9.87. The number of nitrogens with one attached hydrogen (secondary N) is 3. The molecule has 3 N–H and O–H groups in total. The summed E-state index contributed by atoms with van der Waals surface area (Å²) in [6.07, 6.45) is 0. The van der Waals surface area contributed by atoms with Gasteiger partial charge in [0.05, 0.1) is 7.05 Å². The van der Waals surface area contributed by atoms with E-state index in [0.29, 0.717) is 11.3 Å². The fourth-order valence-corrected chi connectivity index (χ4v) is 3.33. The van der Waals surface area contributed by atoms with Gasteiger partial charge in [0.2, 0.25) is 0 Å². The highest BCUT2D eigenvalue weighted by atomic mass is 16.2. The monoisotopic (exact) mass is 411 g/mol. The second-order valence-corrected chi connectivity index (χ2v) is 7.96. The van der Waals surface area contributed by atoms with Crippen LogP contribution in [0.3, 0.4) is 0 Å². The van der Waals surface area contributed by atoms with E-state index in [1.165, 1.54) is 4.90 Å². The molecular formula is C23H31N4O3+. The molecule has 0 spiro atoms. The zero-order chi connectivity index (χ0) is 22.4. The van der Waals surface area contributed by atoms with Crippen LogP contribution >= 0.6 is 0 Å². The van der Waals surface area contributed by atoms with Gasteiger partial charge in [0.15, 0.2) is 13.1 Å². The van der Waals surface area contributed by atoms with Crippen molar-refractivity contribution in [3.63, 3.8) is 0 Å². The molecule has 0 aromatic heterocycles. The molecule has 0 radical (unpaired) electrons. The third-order valence-corrected chi connectivity index (χ3v) is 4.69. The molecule has 2 aromatic carbocycles. The van der Waals surface area contributed by atoms with Crippen molar-refractivity contribution in [1.82, 2.24) is 4.90 Å². The number of rotatable bonds is 7. The van der Waals surface area contributed by atoms with Crippen LogP contribution in [0.15, 0.2) is 36.4 Å². The number of carbonyl (C=O) groups is 3. The van der Waals surface area contributed by atoms with Crippen molar-refractivity contribution in [3.8, 4) is 0 Å². The molecule has 7 heteroatoms. The Morgan fingerprint density at radius 1 is 0.867 bits per heavy atom. The summed E-state index contributed by atoms with van der Waals surface area (Å²) in [5.41, 5.74) is 5.19. The Morgan fingerprint density at radius 2 is 1.37 bits per heavy atom. The van der Waals surface area contributed by atoms with Gasteiger partial charge in [-0.25, -0.2) is 0 Å². The van der Waals surface area contributed by atoms with E-state index in [0.717, 1.165) is 27.3 Å². The Bertz CT molecular complexity index is 913. The number of amides is 3. The minimum atomic E-state index is -0.199. The lowest BCUT2D eigenvalue weighted by Gasteiger charge is -2.16. The van der Waals surface area contributed by atoms with Crippen LogP contribution in [0, 0.1) is 20.8 Å². The van der Waals surface area contributed by atoms with Gasteiger partial charge in [-0.05, 0) is 56.2 Å². The minimum absolute atomic E-state index is 0.0953. The largest absolute Gasteiger partial charge is 0.345 e. The van der Waals surface area contributed by atoms with Gasteiger partial charge >= 0.3 is 0 Å². The molecule has 3 amide bonds. The van der Waals surface area contributed by atoms with Crippen molar-refractivity contribution in [2.75, 3.05) is 44.9 Å². The van der Waals surface area contributed by atoms with E-state index in [2.05, 4.69) is 10.6 Å². The van der Waals surface area contributed by atoms with E-state index in [-0.39, 0.29) is 30.8 Å². The second-order valence-electron chi connectivity index (χ2n) is 7.96. The van der Waals surface area contributed by atoms with Crippen molar-refractivity contribution in [1.29, 1.82) is 0 Å². The predicted octanol–water partition coefficient (Wildman–Crippen LogP) is 1.41. The Kier molecular flexibility index (Phi) is 7.72.